The minimum absolute atomic E-state index is 0.0978. The number of hydrogen-bond donors (Lipinski definition) is 2. The van der Waals surface area contributed by atoms with E-state index in [4.69, 9.17) is 0 Å². The summed E-state index contributed by atoms with van der Waals surface area (Å²) in [5.41, 5.74) is 0.887. The Labute approximate surface area is 143 Å². The lowest BCUT2D eigenvalue weighted by Gasteiger charge is -2.38. The first-order valence-corrected chi connectivity index (χ1v) is 9.89. The van der Waals surface area contributed by atoms with Crippen molar-refractivity contribution < 1.29 is 18.3 Å². The van der Waals surface area contributed by atoms with Gasteiger partial charge in [-0.1, -0.05) is 6.07 Å². The smallest absolute Gasteiger partial charge is 0.221 e. The zero-order valence-corrected chi connectivity index (χ0v) is 14.9. The Morgan fingerprint density at radius 3 is 2.71 bits per heavy atom. The van der Waals surface area contributed by atoms with E-state index in [0.29, 0.717) is 19.3 Å². The molecular formula is C16H25N3O4S. The quantitative estimate of drug-likeness (QED) is 0.692. The number of amides is 1. The van der Waals surface area contributed by atoms with Crippen molar-refractivity contribution in [2.75, 3.05) is 19.8 Å². The van der Waals surface area contributed by atoms with E-state index in [9.17, 15) is 18.3 Å². The SMILES string of the molecule is CN(CCC(=O)N[C@@H](Cc1ccccn1)C1CC(O)C1)S(C)(=O)=O. The van der Waals surface area contributed by atoms with Gasteiger partial charge in [-0.2, -0.15) is 0 Å². The number of nitrogens with zero attached hydrogens (tertiary/aromatic N) is 2. The van der Waals surface area contributed by atoms with Crippen LogP contribution in [0.25, 0.3) is 0 Å². The van der Waals surface area contributed by atoms with Crippen LogP contribution in [-0.2, 0) is 21.2 Å². The average molecular weight is 355 g/mol. The van der Waals surface area contributed by atoms with E-state index < -0.39 is 10.0 Å². The molecule has 1 aromatic rings. The minimum Gasteiger partial charge on any atom is -0.393 e. The van der Waals surface area contributed by atoms with Gasteiger partial charge >= 0.3 is 0 Å². The van der Waals surface area contributed by atoms with Crippen LogP contribution in [0.4, 0.5) is 0 Å². The largest absolute Gasteiger partial charge is 0.393 e. The van der Waals surface area contributed by atoms with Gasteiger partial charge in [-0.05, 0) is 30.9 Å². The van der Waals surface area contributed by atoms with Crippen LogP contribution in [0.1, 0.15) is 25.0 Å². The second-order valence-corrected chi connectivity index (χ2v) is 8.51. The fraction of sp³-hybridized carbons (Fsp3) is 0.625. The molecule has 0 bridgehead atoms. The normalized spacial score (nSPS) is 22.0. The summed E-state index contributed by atoms with van der Waals surface area (Å²) < 4.78 is 23.9. The maximum atomic E-state index is 12.2. The Balaban J connectivity index is 1.91. The van der Waals surface area contributed by atoms with Gasteiger partial charge in [-0.25, -0.2) is 12.7 Å². The third kappa shape index (κ3) is 5.54. The summed E-state index contributed by atoms with van der Waals surface area (Å²) in [5, 5.41) is 12.5. The van der Waals surface area contributed by atoms with Crippen LogP contribution in [0, 0.1) is 5.92 Å². The van der Waals surface area contributed by atoms with Gasteiger partial charge in [0.05, 0.1) is 12.4 Å². The third-order valence-corrected chi connectivity index (χ3v) is 5.76. The van der Waals surface area contributed by atoms with Crippen molar-refractivity contribution in [2.45, 2.75) is 37.8 Å². The van der Waals surface area contributed by atoms with Crippen molar-refractivity contribution in [1.82, 2.24) is 14.6 Å². The number of aliphatic hydroxyl groups is 1. The van der Waals surface area contributed by atoms with Crippen LogP contribution in [-0.4, -0.2) is 60.7 Å². The molecule has 1 heterocycles. The van der Waals surface area contributed by atoms with Gasteiger partial charge in [0.2, 0.25) is 15.9 Å². The summed E-state index contributed by atoms with van der Waals surface area (Å²) in [5.74, 6) is 0.0337. The molecule has 0 unspecified atom stereocenters. The summed E-state index contributed by atoms with van der Waals surface area (Å²) in [6.45, 7) is 0.147. The van der Waals surface area contributed by atoms with Gasteiger partial charge in [0.25, 0.3) is 0 Å². The van der Waals surface area contributed by atoms with Gasteiger partial charge in [0.1, 0.15) is 0 Å². The summed E-state index contributed by atoms with van der Waals surface area (Å²) in [6, 6.07) is 5.55. The lowest BCUT2D eigenvalue weighted by Crippen LogP contribution is -2.48. The highest BCUT2D eigenvalue weighted by Crippen LogP contribution is 2.31. The van der Waals surface area contributed by atoms with Crippen molar-refractivity contribution in [1.29, 1.82) is 0 Å². The summed E-state index contributed by atoms with van der Waals surface area (Å²) in [7, 11) is -1.83. The first-order valence-electron chi connectivity index (χ1n) is 8.04. The molecule has 24 heavy (non-hydrogen) atoms. The van der Waals surface area contributed by atoms with E-state index in [1.807, 2.05) is 18.2 Å². The van der Waals surface area contributed by atoms with Gasteiger partial charge in [0.15, 0.2) is 0 Å². The van der Waals surface area contributed by atoms with Crippen LogP contribution in [0.15, 0.2) is 24.4 Å². The molecule has 1 saturated carbocycles. The molecule has 0 radical (unpaired) electrons. The van der Waals surface area contributed by atoms with Crippen LogP contribution in [0.2, 0.25) is 0 Å². The van der Waals surface area contributed by atoms with E-state index in [0.717, 1.165) is 16.3 Å². The highest BCUT2D eigenvalue weighted by Gasteiger charge is 2.35. The van der Waals surface area contributed by atoms with E-state index in [-0.39, 0.29) is 36.9 Å². The monoisotopic (exact) mass is 355 g/mol. The maximum Gasteiger partial charge on any atom is 0.221 e. The molecule has 2 rings (SSSR count). The molecule has 0 spiro atoms. The molecule has 0 saturated heterocycles. The van der Waals surface area contributed by atoms with E-state index >= 15 is 0 Å². The number of carbonyl (C=O) groups is 1. The van der Waals surface area contributed by atoms with E-state index in [2.05, 4.69) is 10.3 Å². The molecule has 7 nitrogen and oxygen atoms in total. The molecule has 0 aliphatic heterocycles. The number of pyridine rings is 1. The lowest BCUT2D eigenvalue weighted by atomic mass is 9.76. The van der Waals surface area contributed by atoms with Gasteiger partial charge in [-0.3, -0.25) is 9.78 Å². The molecule has 1 fully saturated rings. The minimum atomic E-state index is -3.28. The predicted molar refractivity (Wildman–Crippen MR) is 90.7 cm³/mol. The molecule has 1 atom stereocenters. The summed E-state index contributed by atoms with van der Waals surface area (Å²) in [4.78, 5) is 16.5. The standard InChI is InChI=1S/C16H25N3O4S/c1-19(24(2,22)23)8-6-16(21)18-15(12-9-14(20)10-12)11-13-5-3-4-7-17-13/h3-5,7,12,14-15,20H,6,8-11H2,1-2H3,(H,18,21)/t12?,14?,15-/m0/s1. The van der Waals surface area contributed by atoms with Gasteiger partial charge in [-0.15, -0.1) is 0 Å². The molecule has 8 heteroatoms. The first-order chi connectivity index (χ1) is 11.3. The zero-order valence-electron chi connectivity index (χ0n) is 14.1. The number of sulfonamides is 1. The highest BCUT2D eigenvalue weighted by molar-refractivity contribution is 7.88. The molecule has 1 amide bonds. The maximum absolute atomic E-state index is 12.2. The number of nitrogens with one attached hydrogen (secondary N) is 1. The van der Waals surface area contributed by atoms with Gasteiger partial charge in [0, 0.05) is 44.4 Å². The first kappa shape index (κ1) is 18.8. The molecule has 1 aliphatic carbocycles. The fourth-order valence-electron chi connectivity index (χ4n) is 2.74. The van der Waals surface area contributed by atoms with Crippen molar-refractivity contribution in [3.8, 4) is 0 Å². The number of hydrogen-bond acceptors (Lipinski definition) is 5. The topological polar surface area (TPSA) is 99.6 Å². The van der Waals surface area contributed by atoms with Gasteiger partial charge < -0.3 is 10.4 Å². The van der Waals surface area contributed by atoms with Crippen LogP contribution < -0.4 is 5.32 Å². The van der Waals surface area contributed by atoms with E-state index in [1.165, 1.54) is 7.05 Å². The number of rotatable bonds is 8. The number of aromatic nitrogens is 1. The molecule has 2 N–H and O–H groups in total. The van der Waals surface area contributed by atoms with Crippen LogP contribution in [0.3, 0.4) is 0 Å². The Kier molecular flexibility index (Phi) is 6.31. The van der Waals surface area contributed by atoms with Crippen LogP contribution >= 0.6 is 0 Å². The predicted octanol–water partition coefficient (Wildman–Crippen LogP) is 0.161. The molecule has 1 aliphatic rings. The van der Waals surface area contributed by atoms with Crippen molar-refractivity contribution in [3.05, 3.63) is 30.1 Å². The number of carbonyl (C=O) groups excluding carboxylic acids is 1. The fourth-order valence-corrected chi connectivity index (χ4v) is 3.16. The second kappa shape index (κ2) is 8.04. The third-order valence-electron chi connectivity index (χ3n) is 4.44. The number of aliphatic hydroxyl groups excluding tert-OH is 1. The van der Waals surface area contributed by atoms with Crippen LogP contribution in [0.5, 0.6) is 0 Å². The zero-order chi connectivity index (χ0) is 17.7. The van der Waals surface area contributed by atoms with Crippen molar-refractivity contribution >= 4 is 15.9 Å². The Morgan fingerprint density at radius 1 is 1.46 bits per heavy atom. The van der Waals surface area contributed by atoms with Crippen molar-refractivity contribution in [2.24, 2.45) is 5.92 Å². The Morgan fingerprint density at radius 2 is 2.17 bits per heavy atom. The lowest BCUT2D eigenvalue weighted by molar-refractivity contribution is -0.123. The molecular weight excluding hydrogens is 330 g/mol. The summed E-state index contributed by atoms with van der Waals surface area (Å²) in [6.07, 6.45) is 4.58. The molecule has 0 aromatic carbocycles. The summed E-state index contributed by atoms with van der Waals surface area (Å²) >= 11 is 0. The Hall–Kier alpha value is -1.51. The average Bonchev–Trinajstić information content (AvgIpc) is 2.49. The van der Waals surface area contributed by atoms with E-state index in [1.54, 1.807) is 6.20 Å². The molecule has 1 aromatic heterocycles. The Bertz CT molecular complexity index is 645. The second-order valence-electron chi connectivity index (χ2n) is 6.42. The molecule has 134 valence electrons. The van der Waals surface area contributed by atoms with Crippen molar-refractivity contribution in [3.63, 3.8) is 0 Å². The highest BCUT2D eigenvalue weighted by atomic mass is 32.2.